The van der Waals surface area contributed by atoms with E-state index in [1.54, 1.807) is 24.3 Å². The first-order valence-corrected chi connectivity index (χ1v) is 11.1. The van der Waals surface area contributed by atoms with Gasteiger partial charge in [-0.3, -0.25) is 4.79 Å². The van der Waals surface area contributed by atoms with E-state index in [1.807, 2.05) is 20.8 Å². The van der Waals surface area contributed by atoms with Gasteiger partial charge in [-0.2, -0.15) is 13.9 Å². The van der Waals surface area contributed by atoms with Crippen molar-refractivity contribution in [2.75, 3.05) is 13.2 Å². The van der Waals surface area contributed by atoms with Crippen LogP contribution in [0.4, 0.5) is 23.2 Å². The van der Waals surface area contributed by atoms with Crippen LogP contribution in [0.15, 0.2) is 64.1 Å². The van der Waals surface area contributed by atoms with Crippen LogP contribution in [0.5, 0.6) is 23.0 Å². The van der Waals surface area contributed by atoms with Gasteiger partial charge in [-0.1, -0.05) is 13.8 Å². The lowest BCUT2D eigenvalue weighted by Gasteiger charge is -2.27. The molecule has 0 atom stereocenters. The predicted molar refractivity (Wildman–Crippen MR) is 123 cm³/mol. The van der Waals surface area contributed by atoms with Gasteiger partial charge in [0.2, 0.25) is 0 Å². The first kappa shape index (κ1) is 27.0. The first-order chi connectivity index (χ1) is 16.9. The lowest BCUT2D eigenvalue weighted by molar-refractivity contribution is -0.148. The molecule has 0 aromatic heterocycles. The van der Waals surface area contributed by atoms with E-state index in [2.05, 4.69) is 10.2 Å². The van der Waals surface area contributed by atoms with E-state index < -0.39 is 30.2 Å². The summed E-state index contributed by atoms with van der Waals surface area (Å²) in [5.74, 6) is -4.16. The number of alkyl halides is 4. The second-order valence-corrected chi connectivity index (χ2v) is 8.96. The fraction of sp³-hybridized carbons (Fsp3) is 0.400. The summed E-state index contributed by atoms with van der Waals surface area (Å²) in [6.45, 7) is 4.39. The summed E-state index contributed by atoms with van der Waals surface area (Å²) in [7, 11) is 0. The quantitative estimate of drug-likeness (QED) is 0.266. The Bertz CT molecular complexity index is 1150. The van der Waals surface area contributed by atoms with Gasteiger partial charge in [0.1, 0.15) is 28.8 Å². The minimum atomic E-state index is -4.37. The van der Waals surface area contributed by atoms with Crippen LogP contribution in [0, 0.1) is 5.41 Å². The molecule has 1 aliphatic rings. The number of ketones is 1. The second kappa shape index (κ2) is 11.0. The number of aliphatic hydroxyl groups is 1. The maximum atomic E-state index is 13.4. The molecule has 7 nitrogen and oxygen atoms in total. The molecule has 0 bridgehead atoms. The second-order valence-electron chi connectivity index (χ2n) is 8.96. The van der Waals surface area contributed by atoms with Crippen LogP contribution in [0.25, 0.3) is 0 Å². The molecule has 0 unspecified atom stereocenters. The van der Waals surface area contributed by atoms with Gasteiger partial charge >= 0.3 is 12.3 Å². The third kappa shape index (κ3) is 7.19. The molecule has 0 saturated heterocycles. The van der Waals surface area contributed by atoms with Crippen molar-refractivity contribution < 1.29 is 41.7 Å². The highest BCUT2D eigenvalue weighted by molar-refractivity contribution is 5.96. The third-order valence-electron chi connectivity index (χ3n) is 5.07. The van der Waals surface area contributed by atoms with Crippen molar-refractivity contribution in [2.45, 2.75) is 46.0 Å². The monoisotopic (exact) mass is 510 g/mol. The van der Waals surface area contributed by atoms with E-state index in [9.17, 15) is 27.5 Å². The number of benzene rings is 2. The average molecular weight is 510 g/mol. The molecule has 11 heteroatoms. The van der Waals surface area contributed by atoms with Gasteiger partial charge in [0.05, 0.1) is 12.3 Å². The number of hydrogen-bond acceptors (Lipinski definition) is 7. The normalized spacial score (nSPS) is 16.1. The van der Waals surface area contributed by atoms with Crippen molar-refractivity contribution in [1.29, 1.82) is 0 Å². The van der Waals surface area contributed by atoms with Gasteiger partial charge in [-0.15, -0.1) is 5.11 Å². The molecule has 2 aromatic rings. The summed E-state index contributed by atoms with van der Waals surface area (Å²) in [4.78, 5) is 12.4. The van der Waals surface area contributed by atoms with Crippen molar-refractivity contribution in [3.8, 4) is 23.0 Å². The molecule has 2 aromatic carbocycles. The van der Waals surface area contributed by atoms with Crippen molar-refractivity contribution in [2.24, 2.45) is 15.6 Å². The van der Waals surface area contributed by atoms with E-state index in [0.717, 1.165) is 0 Å². The Morgan fingerprint density at radius 1 is 0.972 bits per heavy atom. The molecule has 194 valence electrons. The zero-order chi connectivity index (χ0) is 26.5. The highest BCUT2D eigenvalue weighted by atomic mass is 19.3. The van der Waals surface area contributed by atoms with Gasteiger partial charge in [0.25, 0.3) is 0 Å². The van der Waals surface area contributed by atoms with Crippen LogP contribution in [-0.4, -0.2) is 36.5 Å². The minimum Gasteiger partial charge on any atom is -0.510 e. The molecule has 1 aliphatic carbocycles. The zero-order valence-electron chi connectivity index (χ0n) is 19.9. The van der Waals surface area contributed by atoms with E-state index in [-0.39, 0.29) is 41.5 Å². The van der Waals surface area contributed by atoms with Gasteiger partial charge in [-0.05, 0) is 36.6 Å². The molecule has 0 spiro atoms. The van der Waals surface area contributed by atoms with Crippen molar-refractivity contribution >= 4 is 11.5 Å². The van der Waals surface area contributed by atoms with E-state index >= 15 is 0 Å². The molecule has 0 saturated carbocycles. The maximum absolute atomic E-state index is 13.4. The molecule has 3 rings (SSSR count). The molecular weight excluding hydrogens is 484 g/mol. The lowest BCUT2D eigenvalue weighted by atomic mass is 9.78. The largest absolute Gasteiger partial charge is 0.510 e. The fourth-order valence-corrected chi connectivity index (χ4v) is 3.41. The average Bonchev–Trinajstić information content (AvgIpc) is 2.78. The van der Waals surface area contributed by atoms with Crippen LogP contribution in [0.3, 0.4) is 0 Å². The number of aliphatic hydroxyl groups excluding tert-OH is 1. The Balaban J connectivity index is 1.89. The SMILES string of the molecule is CCOc1ccc(Oc2cc(N=NC3=C(O)CC(C)(C)CC3=O)cc(OCC(F)(F)C(F)F)c2)cc1. The number of azo groups is 1. The van der Waals surface area contributed by atoms with Gasteiger partial charge in [0, 0.05) is 31.0 Å². The fourth-order valence-electron chi connectivity index (χ4n) is 3.41. The minimum absolute atomic E-state index is 0.0201. The van der Waals surface area contributed by atoms with Crippen LogP contribution < -0.4 is 14.2 Å². The van der Waals surface area contributed by atoms with Gasteiger partial charge in [0.15, 0.2) is 18.1 Å². The standard InChI is InChI=1S/C25H26F4N2O5/c1-4-34-16-5-7-17(8-6-16)36-19-10-15(9-18(11-19)35-14-25(28,29)23(26)27)30-31-22-20(32)12-24(2,3)13-21(22)33/h5-11,23,32H,4,12-14H2,1-3H3. The predicted octanol–water partition coefficient (Wildman–Crippen LogP) is 7.40. The number of Topliss-reactive ketones (excluding diaryl/α,β-unsaturated/α-hetero) is 1. The number of hydrogen-bond donors (Lipinski definition) is 1. The molecule has 0 amide bonds. The summed E-state index contributed by atoms with van der Waals surface area (Å²) in [6.07, 6.45) is -3.52. The Labute approximate surface area is 205 Å². The molecule has 0 fully saturated rings. The number of allylic oxidation sites excluding steroid dienone is 2. The lowest BCUT2D eigenvalue weighted by Crippen LogP contribution is -2.33. The highest BCUT2D eigenvalue weighted by Crippen LogP contribution is 2.37. The Morgan fingerprint density at radius 2 is 1.61 bits per heavy atom. The van der Waals surface area contributed by atoms with Crippen molar-refractivity contribution in [3.05, 3.63) is 53.9 Å². The van der Waals surface area contributed by atoms with E-state index in [0.29, 0.717) is 18.1 Å². The third-order valence-corrected chi connectivity index (χ3v) is 5.07. The van der Waals surface area contributed by atoms with Crippen LogP contribution in [-0.2, 0) is 4.79 Å². The topological polar surface area (TPSA) is 89.7 Å². The number of rotatable bonds is 10. The number of carbonyl (C=O) groups is 1. The Kier molecular flexibility index (Phi) is 8.21. The van der Waals surface area contributed by atoms with Crippen LogP contribution in [0.2, 0.25) is 0 Å². The summed E-state index contributed by atoms with van der Waals surface area (Å²) < 4.78 is 67.9. The Hall–Kier alpha value is -3.63. The molecule has 0 aliphatic heterocycles. The Morgan fingerprint density at radius 3 is 2.22 bits per heavy atom. The van der Waals surface area contributed by atoms with Gasteiger partial charge < -0.3 is 19.3 Å². The summed E-state index contributed by atoms with van der Waals surface area (Å²) in [6, 6.07) is 10.3. The zero-order valence-corrected chi connectivity index (χ0v) is 19.9. The van der Waals surface area contributed by atoms with Crippen molar-refractivity contribution in [3.63, 3.8) is 0 Å². The van der Waals surface area contributed by atoms with Crippen LogP contribution in [0.1, 0.15) is 33.6 Å². The molecule has 1 N–H and O–H groups in total. The van der Waals surface area contributed by atoms with Crippen LogP contribution >= 0.6 is 0 Å². The molecular formula is C25H26F4N2O5. The molecule has 36 heavy (non-hydrogen) atoms. The number of carbonyl (C=O) groups excluding carboxylic acids is 1. The number of ether oxygens (including phenoxy) is 3. The summed E-state index contributed by atoms with van der Waals surface area (Å²) in [5.41, 5.74) is -0.617. The van der Waals surface area contributed by atoms with Gasteiger partial charge in [-0.25, -0.2) is 8.78 Å². The van der Waals surface area contributed by atoms with Crippen molar-refractivity contribution in [1.82, 2.24) is 0 Å². The highest BCUT2D eigenvalue weighted by Gasteiger charge is 2.41. The summed E-state index contributed by atoms with van der Waals surface area (Å²) >= 11 is 0. The van der Waals surface area contributed by atoms with E-state index in [1.165, 1.54) is 18.2 Å². The number of halogens is 4. The first-order valence-electron chi connectivity index (χ1n) is 11.1. The molecule has 0 heterocycles. The van der Waals surface area contributed by atoms with E-state index in [4.69, 9.17) is 14.2 Å². The molecule has 0 radical (unpaired) electrons. The summed E-state index contributed by atoms with van der Waals surface area (Å²) in [5, 5.41) is 18.0. The smallest absolute Gasteiger partial charge is 0.340 e. The maximum Gasteiger partial charge on any atom is 0.340 e. The number of nitrogens with zero attached hydrogens (tertiary/aromatic N) is 2.